The van der Waals surface area contributed by atoms with Crippen LogP contribution in [0.4, 0.5) is 11.4 Å². The summed E-state index contributed by atoms with van der Waals surface area (Å²) in [5, 5.41) is 15.2. The van der Waals surface area contributed by atoms with Gasteiger partial charge in [0.2, 0.25) is 0 Å². The highest BCUT2D eigenvalue weighted by atomic mass is 16.4. The van der Waals surface area contributed by atoms with Crippen LogP contribution in [0.3, 0.4) is 0 Å². The molecule has 0 aliphatic carbocycles. The fraction of sp³-hybridized carbons (Fsp3) is 0.188. The summed E-state index contributed by atoms with van der Waals surface area (Å²) in [5.74, 6) is 0.116. The van der Waals surface area contributed by atoms with E-state index in [0.29, 0.717) is 12.1 Å². The molecule has 5 nitrogen and oxygen atoms in total. The number of anilines is 2. The zero-order chi connectivity index (χ0) is 15.2. The minimum Gasteiger partial charge on any atom is -0.409 e. The molecule has 0 spiro atoms. The molecule has 4 N–H and O–H groups in total. The normalized spacial score (nSPS) is 11.2. The Labute approximate surface area is 124 Å². The van der Waals surface area contributed by atoms with E-state index in [9.17, 15) is 0 Å². The van der Waals surface area contributed by atoms with Gasteiger partial charge in [-0.05, 0) is 23.8 Å². The van der Waals surface area contributed by atoms with Crippen molar-refractivity contribution in [2.24, 2.45) is 10.9 Å². The number of oxime groups is 1. The Bertz CT molecular complexity index is 638. The van der Waals surface area contributed by atoms with E-state index in [1.807, 2.05) is 56.6 Å². The van der Waals surface area contributed by atoms with Crippen LogP contribution in [0.25, 0.3) is 0 Å². The van der Waals surface area contributed by atoms with Crippen molar-refractivity contribution in [3.63, 3.8) is 0 Å². The van der Waals surface area contributed by atoms with Crippen molar-refractivity contribution in [1.82, 2.24) is 0 Å². The summed E-state index contributed by atoms with van der Waals surface area (Å²) in [7, 11) is 4.03. The molecule has 0 bridgehead atoms. The number of rotatable bonds is 5. The maximum Gasteiger partial charge on any atom is 0.170 e. The zero-order valence-corrected chi connectivity index (χ0v) is 12.2. The lowest BCUT2D eigenvalue weighted by Gasteiger charge is -2.18. The van der Waals surface area contributed by atoms with E-state index in [2.05, 4.69) is 21.4 Å². The highest BCUT2D eigenvalue weighted by Gasteiger charge is 2.04. The number of amidine groups is 1. The van der Waals surface area contributed by atoms with Gasteiger partial charge in [0.1, 0.15) is 0 Å². The number of nitrogens with one attached hydrogen (secondary N) is 1. The van der Waals surface area contributed by atoms with E-state index in [0.717, 1.165) is 16.9 Å². The van der Waals surface area contributed by atoms with Crippen LogP contribution in [0.5, 0.6) is 0 Å². The average molecular weight is 284 g/mol. The molecule has 0 heterocycles. The van der Waals surface area contributed by atoms with Crippen molar-refractivity contribution in [3.8, 4) is 0 Å². The molecule has 21 heavy (non-hydrogen) atoms. The molecule has 0 amide bonds. The van der Waals surface area contributed by atoms with Gasteiger partial charge in [-0.3, -0.25) is 0 Å². The minimum atomic E-state index is 0.116. The lowest BCUT2D eigenvalue weighted by atomic mass is 10.1. The summed E-state index contributed by atoms with van der Waals surface area (Å²) in [5.41, 5.74) is 9.57. The second kappa shape index (κ2) is 6.65. The standard InChI is InChI=1S/C16H20N4O/c1-20(2)15-9-4-3-8-14(15)18-11-12-6-5-7-13(10-12)16(17)19-21/h3-10,18,21H,11H2,1-2H3,(H2,17,19). The number of hydrogen-bond acceptors (Lipinski definition) is 4. The predicted molar refractivity (Wildman–Crippen MR) is 87.0 cm³/mol. The molecule has 0 saturated heterocycles. The third kappa shape index (κ3) is 3.66. The van der Waals surface area contributed by atoms with Gasteiger partial charge in [-0.2, -0.15) is 0 Å². The van der Waals surface area contributed by atoms with Crippen LogP contribution < -0.4 is 16.0 Å². The minimum absolute atomic E-state index is 0.116. The van der Waals surface area contributed by atoms with Crippen molar-refractivity contribution in [3.05, 3.63) is 59.7 Å². The van der Waals surface area contributed by atoms with E-state index in [1.165, 1.54) is 0 Å². The van der Waals surface area contributed by atoms with Gasteiger partial charge in [0, 0.05) is 26.2 Å². The van der Waals surface area contributed by atoms with Crippen LogP contribution in [0.15, 0.2) is 53.7 Å². The summed E-state index contributed by atoms with van der Waals surface area (Å²) < 4.78 is 0. The summed E-state index contributed by atoms with van der Waals surface area (Å²) >= 11 is 0. The van der Waals surface area contributed by atoms with Crippen LogP contribution in [0, 0.1) is 0 Å². The fourth-order valence-corrected chi connectivity index (χ4v) is 2.11. The van der Waals surface area contributed by atoms with Gasteiger partial charge in [-0.1, -0.05) is 35.5 Å². The summed E-state index contributed by atoms with van der Waals surface area (Å²) in [6, 6.07) is 15.7. The molecule has 0 radical (unpaired) electrons. The molecule has 2 aromatic carbocycles. The smallest absolute Gasteiger partial charge is 0.170 e. The first-order chi connectivity index (χ1) is 10.1. The average Bonchev–Trinajstić information content (AvgIpc) is 2.52. The first kappa shape index (κ1) is 14.7. The third-order valence-electron chi connectivity index (χ3n) is 3.20. The largest absolute Gasteiger partial charge is 0.409 e. The van der Waals surface area contributed by atoms with Crippen molar-refractivity contribution in [2.45, 2.75) is 6.54 Å². The Morgan fingerprint density at radius 3 is 2.67 bits per heavy atom. The third-order valence-corrected chi connectivity index (χ3v) is 3.20. The summed E-state index contributed by atoms with van der Waals surface area (Å²) in [4.78, 5) is 2.06. The lowest BCUT2D eigenvalue weighted by molar-refractivity contribution is 0.318. The Morgan fingerprint density at radius 2 is 1.95 bits per heavy atom. The Balaban J connectivity index is 2.14. The van der Waals surface area contributed by atoms with Gasteiger partial charge in [-0.25, -0.2) is 0 Å². The second-order valence-electron chi connectivity index (χ2n) is 4.95. The number of hydrogen-bond donors (Lipinski definition) is 3. The summed E-state index contributed by atoms with van der Waals surface area (Å²) in [6.07, 6.45) is 0. The summed E-state index contributed by atoms with van der Waals surface area (Å²) in [6.45, 7) is 0.664. The van der Waals surface area contributed by atoms with E-state index in [4.69, 9.17) is 10.9 Å². The number of nitrogens with zero attached hydrogens (tertiary/aromatic N) is 2. The molecule has 0 aliphatic rings. The molecule has 0 atom stereocenters. The van der Waals surface area contributed by atoms with Crippen molar-refractivity contribution < 1.29 is 5.21 Å². The van der Waals surface area contributed by atoms with Gasteiger partial charge in [0.25, 0.3) is 0 Å². The molecule has 0 fully saturated rings. The number of nitrogens with two attached hydrogens (primary N) is 1. The van der Waals surface area contributed by atoms with Crippen LogP contribution in [0.2, 0.25) is 0 Å². The Hall–Kier alpha value is -2.69. The first-order valence-electron chi connectivity index (χ1n) is 6.69. The number of para-hydroxylation sites is 2. The van der Waals surface area contributed by atoms with Gasteiger partial charge >= 0.3 is 0 Å². The van der Waals surface area contributed by atoms with Crippen LogP contribution in [-0.2, 0) is 6.54 Å². The highest BCUT2D eigenvalue weighted by Crippen LogP contribution is 2.24. The molecule has 5 heteroatoms. The molecule has 2 rings (SSSR count). The Kier molecular flexibility index (Phi) is 4.66. The van der Waals surface area contributed by atoms with Crippen LogP contribution in [-0.4, -0.2) is 25.1 Å². The SMILES string of the molecule is CN(C)c1ccccc1NCc1cccc(/C(N)=N/O)c1. The molecule has 0 unspecified atom stereocenters. The van der Waals surface area contributed by atoms with Crippen molar-refractivity contribution >= 4 is 17.2 Å². The van der Waals surface area contributed by atoms with E-state index >= 15 is 0 Å². The monoisotopic (exact) mass is 284 g/mol. The predicted octanol–water partition coefficient (Wildman–Crippen LogP) is 2.46. The van der Waals surface area contributed by atoms with Gasteiger partial charge in [-0.15, -0.1) is 0 Å². The van der Waals surface area contributed by atoms with Crippen molar-refractivity contribution in [1.29, 1.82) is 0 Å². The van der Waals surface area contributed by atoms with E-state index in [1.54, 1.807) is 0 Å². The van der Waals surface area contributed by atoms with E-state index in [-0.39, 0.29) is 5.84 Å². The van der Waals surface area contributed by atoms with Crippen LogP contribution >= 0.6 is 0 Å². The van der Waals surface area contributed by atoms with Gasteiger partial charge in [0.05, 0.1) is 11.4 Å². The fourth-order valence-electron chi connectivity index (χ4n) is 2.11. The molecule has 110 valence electrons. The molecule has 0 aliphatic heterocycles. The molecular formula is C16H20N4O. The van der Waals surface area contributed by atoms with Gasteiger partial charge < -0.3 is 21.2 Å². The van der Waals surface area contributed by atoms with Crippen molar-refractivity contribution in [2.75, 3.05) is 24.3 Å². The van der Waals surface area contributed by atoms with E-state index < -0.39 is 0 Å². The lowest BCUT2D eigenvalue weighted by Crippen LogP contribution is -2.14. The number of benzene rings is 2. The molecular weight excluding hydrogens is 264 g/mol. The molecule has 0 aromatic heterocycles. The quantitative estimate of drug-likeness (QED) is 0.341. The molecule has 2 aromatic rings. The maximum atomic E-state index is 8.73. The van der Waals surface area contributed by atoms with Crippen LogP contribution in [0.1, 0.15) is 11.1 Å². The molecule has 0 saturated carbocycles. The maximum absolute atomic E-state index is 8.73. The zero-order valence-electron chi connectivity index (χ0n) is 12.2. The topological polar surface area (TPSA) is 73.9 Å². The first-order valence-corrected chi connectivity index (χ1v) is 6.69. The Morgan fingerprint density at radius 1 is 1.19 bits per heavy atom. The van der Waals surface area contributed by atoms with Gasteiger partial charge in [0.15, 0.2) is 5.84 Å². The highest BCUT2D eigenvalue weighted by molar-refractivity contribution is 5.97. The second-order valence-corrected chi connectivity index (χ2v) is 4.95.